The second kappa shape index (κ2) is 1.21. The van der Waals surface area contributed by atoms with Crippen LogP contribution in [0.25, 0.3) is 0 Å². The van der Waals surface area contributed by atoms with Gasteiger partial charge < -0.3 is 10.2 Å². The van der Waals surface area contributed by atoms with E-state index < -0.39 is 12.2 Å². The predicted molar refractivity (Wildman–Crippen MR) is 21.2 cm³/mol. The van der Waals surface area contributed by atoms with Gasteiger partial charge in [-0.2, -0.15) is 0 Å². The summed E-state index contributed by atoms with van der Waals surface area (Å²) < 4.78 is 0. The van der Waals surface area contributed by atoms with Gasteiger partial charge in [-0.25, -0.2) is 0 Å². The second-order valence-corrected chi connectivity index (χ2v) is 1.71. The normalized spacial score (nSPS) is 45.0. The average molecular weight is 88.1 g/mol. The maximum atomic E-state index is 8.47. The molecular weight excluding hydrogens is 80.0 g/mol. The summed E-state index contributed by atoms with van der Waals surface area (Å²) in [6.07, 6.45) is 0.734. The smallest absolute Gasteiger partial charge is 0.0800 e. The van der Waals surface area contributed by atoms with E-state index in [1.807, 2.05) is 0 Å². The van der Waals surface area contributed by atoms with Crippen molar-refractivity contribution < 1.29 is 10.2 Å². The summed E-state index contributed by atoms with van der Waals surface area (Å²) in [6, 6.07) is 0. The number of hydrogen-bond donors (Lipinski definition) is 2. The second-order valence-electron chi connectivity index (χ2n) is 1.71. The van der Waals surface area contributed by atoms with Crippen molar-refractivity contribution >= 4 is 0 Å². The van der Waals surface area contributed by atoms with Gasteiger partial charge in [-0.15, -0.1) is 0 Å². The molecule has 2 atom stereocenters. The topological polar surface area (TPSA) is 40.5 Å². The molecule has 0 aromatic heterocycles. The molecule has 0 saturated heterocycles. The molecule has 0 radical (unpaired) electrons. The van der Waals surface area contributed by atoms with Gasteiger partial charge in [0.25, 0.3) is 0 Å². The molecule has 0 unspecified atom stereocenters. The predicted octanol–water partition coefficient (Wildman–Crippen LogP) is -0.498. The SMILES string of the molecule is O[C@@H]1CC[C@@H]1O. The van der Waals surface area contributed by atoms with E-state index in [2.05, 4.69) is 0 Å². The first kappa shape index (κ1) is 4.09. The van der Waals surface area contributed by atoms with Crippen molar-refractivity contribution in [1.29, 1.82) is 0 Å². The van der Waals surface area contributed by atoms with Gasteiger partial charge >= 0.3 is 0 Å². The zero-order valence-electron chi connectivity index (χ0n) is 3.46. The van der Waals surface area contributed by atoms with Crippen LogP contribution in [0.1, 0.15) is 12.8 Å². The summed E-state index contributed by atoms with van der Waals surface area (Å²) in [7, 11) is 0. The molecule has 1 fully saturated rings. The summed E-state index contributed by atoms with van der Waals surface area (Å²) in [5.41, 5.74) is 0. The lowest BCUT2D eigenvalue weighted by Crippen LogP contribution is -2.35. The Morgan fingerprint density at radius 3 is 1.33 bits per heavy atom. The summed E-state index contributed by atoms with van der Waals surface area (Å²) in [5.74, 6) is 0. The Labute approximate surface area is 36.4 Å². The molecule has 2 heteroatoms. The summed E-state index contributed by atoms with van der Waals surface area (Å²) in [6.45, 7) is 0. The third-order valence-electron chi connectivity index (χ3n) is 1.20. The highest BCUT2D eigenvalue weighted by atomic mass is 16.3. The fraction of sp³-hybridized carbons (Fsp3) is 1.00. The van der Waals surface area contributed by atoms with Crippen molar-refractivity contribution in [3.8, 4) is 0 Å². The van der Waals surface area contributed by atoms with Gasteiger partial charge in [0, 0.05) is 0 Å². The summed E-state index contributed by atoms with van der Waals surface area (Å²) >= 11 is 0. The molecule has 1 saturated carbocycles. The third-order valence-corrected chi connectivity index (χ3v) is 1.20. The molecule has 0 aromatic carbocycles. The molecule has 6 heavy (non-hydrogen) atoms. The first-order valence-electron chi connectivity index (χ1n) is 2.17. The molecule has 2 N–H and O–H groups in total. The molecule has 0 bridgehead atoms. The first-order chi connectivity index (χ1) is 2.80. The number of aliphatic hydroxyl groups excluding tert-OH is 2. The minimum Gasteiger partial charge on any atom is -0.390 e. The van der Waals surface area contributed by atoms with E-state index in [1.165, 1.54) is 0 Å². The number of hydrogen-bond acceptors (Lipinski definition) is 2. The lowest BCUT2D eigenvalue weighted by Gasteiger charge is -2.26. The van der Waals surface area contributed by atoms with E-state index >= 15 is 0 Å². The van der Waals surface area contributed by atoms with Crippen molar-refractivity contribution in [2.45, 2.75) is 25.0 Å². The van der Waals surface area contributed by atoms with E-state index in [1.54, 1.807) is 0 Å². The lowest BCUT2D eigenvalue weighted by atomic mass is 9.93. The Balaban J connectivity index is 2.20. The average Bonchev–Trinajstić information content (AvgIpc) is 1.61. The van der Waals surface area contributed by atoms with E-state index in [0.717, 1.165) is 12.8 Å². The zero-order chi connectivity index (χ0) is 4.57. The molecule has 36 valence electrons. The highest BCUT2D eigenvalue weighted by molar-refractivity contribution is 4.77. The van der Waals surface area contributed by atoms with Crippen LogP contribution in [0.2, 0.25) is 0 Å². The van der Waals surface area contributed by atoms with Gasteiger partial charge in [0.2, 0.25) is 0 Å². The lowest BCUT2D eigenvalue weighted by molar-refractivity contribution is -0.0519. The van der Waals surface area contributed by atoms with E-state index in [9.17, 15) is 0 Å². The molecule has 1 aliphatic rings. The van der Waals surface area contributed by atoms with Gasteiger partial charge in [0.1, 0.15) is 0 Å². The van der Waals surface area contributed by atoms with Gasteiger partial charge in [0.15, 0.2) is 0 Å². The van der Waals surface area contributed by atoms with Gasteiger partial charge in [-0.05, 0) is 12.8 Å². The largest absolute Gasteiger partial charge is 0.390 e. The Morgan fingerprint density at radius 2 is 1.33 bits per heavy atom. The fourth-order valence-corrected chi connectivity index (χ4v) is 0.465. The van der Waals surface area contributed by atoms with Gasteiger partial charge in [-0.3, -0.25) is 0 Å². The Hall–Kier alpha value is -0.0800. The molecule has 0 aromatic rings. The molecule has 0 amide bonds. The first-order valence-corrected chi connectivity index (χ1v) is 2.17. The van der Waals surface area contributed by atoms with Gasteiger partial charge in [0.05, 0.1) is 12.2 Å². The van der Waals surface area contributed by atoms with Crippen LogP contribution in [-0.4, -0.2) is 22.4 Å². The quantitative estimate of drug-likeness (QED) is 0.419. The Kier molecular flexibility index (Phi) is 0.821. The standard InChI is InChI=1S/C4H8O2/c5-3-1-2-4(3)6/h3-6H,1-2H2/t3-,4+. The molecule has 0 aliphatic heterocycles. The Morgan fingerprint density at radius 1 is 1.00 bits per heavy atom. The van der Waals surface area contributed by atoms with Crippen LogP contribution in [0.5, 0.6) is 0 Å². The molecule has 0 heterocycles. The van der Waals surface area contributed by atoms with E-state index in [0.29, 0.717) is 0 Å². The summed E-state index contributed by atoms with van der Waals surface area (Å²) in [4.78, 5) is 0. The van der Waals surface area contributed by atoms with Crippen LogP contribution in [0.15, 0.2) is 0 Å². The van der Waals surface area contributed by atoms with Crippen LogP contribution < -0.4 is 0 Å². The van der Waals surface area contributed by atoms with Crippen molar-refractivity contribution in [3.05, 3.63) is 0 Å². The van der Waals surface area contributed by atoms with E-state index in [-0.39, 0.29) is 0 Å². The van der Waals surface area contributed by atoms with E-state index in [4.69, 9.17) is 10.2 Å². The number of aliphatic hydroxyl groups is 2. The number of rotatable bonds is 0. The van der Waals surface area contributed by atoms with Crippen LogP contribution >= 0.6 is 0 Å². The molecule has 1 aliphatic carbocycles. The fourth-order valence-electron chi connectivity index (χ4n) is 0.465. The van der Waals surface area contributed by atoms with Crippen molar-refractivity contribution in [3.63, 3.8) is 0 Å². The van der Waals surface area contributed by atoms with Crippen LogP contribution in [-0.2, 0) is 0 Å². The minimum absolute atomic E-state index is 0.412. The highest BCUT2D eigenvalue weighted by Gasteiger charge is 2.25. The zero-order valence-corrected chi connectivity index (χ0v) is 3.46. The van der Waals surface area contributed by atoms with Crippen molar-refractivity contribution in [2.24, 2.45) is 0 Å². The maximum absolute atomic E-state index is 8.47. The Bertz CT molecular complexity index is 45.5. The minimum atomic E-state index is -0.412. The summed E-state index contributed by atoms with van der Waals surface area (Å²) in [5, 5.41) is 16.9. The van der Waals surface area contributed by atoms with Crippen molar-refractivity contribution in [2.75, 3.05) is 0 Å². The van der Waals surface area contributed by atoms with Crippen LogP contribution in [0.3, 0.4) is 0 Å². The van der Waals surface area contributed by atoms with Crippen LogP contribution in [0.4, 0.5) is 0 Å². The van der Waals surface area contributed by atoms with Crippen LogP contribution in [0, 0.1) is 0 Å². The monoisotopic (exact) mass is 88.1 g/mol. The molecule has 1 rings (SSSR count). The van der Waals surface area contributed by atoms with Gasteiger partial charge in [-0.1, -0.05) is 0 Å². The maximum Gasteiger partial charge on any atom is 0.0800 e. The third kappa shape index (κ3) is 0.420. The molecule has 2 nitrogen and oxygen atoms in total. The molecular formula is C4H8O2. The highest BCUT2D eigenvalue weighted by Crippen LogP contribution is 2.18. The molecule has 0 spiro atoms. The van der Waals surface area contributed by atoms with Crippen molar-refractivity contribution in [1.82, 2.24) is 0 Å².